The van der Waals surface area contributed by atoms with Crippen LogP contribution in [0.25, 0.3) is 0 Å². The summed E-state index contributed by atoms with van der Waals surface area (Å²) in [4.78, 5) is 19.5. The summed E-state index contributed by atoms with van der Waals surface area (Å²) >= 11 is 0. The van der Waals surface area contributed by atoms with Crippen LogP contribution in [-0.2, 0) is 0 Å². The standard InChI is InChI=1S/C10H13N3O/c14-10(8-5-11-7-12-6-8)9-3-1-2-4-13-9/h5-7,9,13H,1-4H2. The van der Waals surface area contributed by atoms with Crippen molar-refractivity contribution >= 4 is 5.78 Å². The second kappa shape index (κ2) is 4.28. The Morgan fingerprint density at radius 1 is 1.36 bits per heavy atom. The predicted octanol–water partition coefficient (Wildman–Crippen LogP) is 0.801. The van der Waals surface area contributed by atoms with E-state index in [9.17, 15) is 4.79 Å². The summed E-state index contributed by atoms with van der Waals surface area (Å²) in [6.45, 7) is 0.935. The molecule has 0 saturated carbocycles. The summed E-state index contributed by atoms with van der Waals surface area (Å²) in [5.41, 5.74) is 0.604. The Morgan fingerprint density at radius 3 is 2.79 bits per heavy atom. The van der Waals surface area contributed by atoms with E-state index in [2.05, 4.69) is 15.3 Å². The fourth-order valence-electron chi connectivity index (χ4n) is 1.70. The van der Waals surface area contributed by atoms with Crippen LogP contribution in [0.4, 0.5) is 0 Å². The lowest BCUT2D eigenvalue weighted by molar-refractivity contribution is 0.0926. The van der Waals surface area contributed by atoms with Gasteiger partial charge in [0.05, 0.1) is 11.6 Å². The van der Waals surface area contributed by atoms with Crippen LogP contribution in [0.5, 0.6) is 0 Å². The number of piperidine rings is 1. The molecule has 0 amide bonds. The summed E-state index contributed by atoms with van der Waals surface area (Å²) in [5.74, 6) is 0.116. The molecule has 1 N–H and O–H groups in total. The Labute approximate surface area is 82.8 Å². The number of hydrogen-bond donors (Lipinski definition) is 1. The highest BCUT2D eigenvalue weighted by molar-refractivity contribution is 5.99. The van der Waals surface area contributed by atoms with Crippen LogP contribution in [-0.4, -0.2) is 28.3 Å². The minimum atomic E-state index is -0.0326. The average Bonchev–Trinajstić information content (AvgIpc) is 2.30. The predicted molar refractivity (Wildman–Crippen MR) is 52.0 cm³/mol. The molecule has 2 heterocycles. The second-order valence-electron chi connectivity index (χ2n) is 3.49. The molecule has 1 aliphatic rings. The van der Waals surface area contributed by atoms with Crippen LogP contribution >= 0.6 is 0 Å². The number of nitrogens with zero attached hydrogens (tertiary/aromatic N) is 2. The van der Waals surface area contributed by atoms with Gasteiger partial charge in [-0.3, -0.25) is 4.79 Å². The normalized spacial score (nSPS) is 21.9. The minimum absolute atomic E-state index is 0.0326. The van der Waals surface area contributed by atoms with Crippen LogP contribution in [0.2, 0.25) is 0 Å². The molecule has 14 heavy (non-hydrogen) atoms. The van der Waals surface area contributed by atoms with Crippen molar-refractivity contribution in [2.75, 3.05) is 6.54 Å². The molecule has 0 spiro atoms. The van der Waals surface area contributed by atoms with Gasteiger partial charge in [0.15, 0.2) is 5.78 Å². The van der Waals surface area contributed by atoms with E-state index in [1.807, 2.05) is 0 Å². The molecule has 1 unspecified atom stereocenters. The molecule has 1 fully saturated rings. The van der Waals surface area contributed by atoms with Crippen molar-refractivity contribution in [3.05, 3.63) is 24.3 Å². The zero-order valence-electron chi connectivity index (χ0n) is 7.94. The van der Waals surface area contributed by atoms with Crippen LogP contribution < -0.4 is 5.32 Å². The van der Waals surface area contributed by atoms with Gasteiger partial charge in [-0.25, -0.2) is 9.97 Å². The molecular formula is C10H13N3O. The highest BCUT2D eigenvalue weighted by Crippen LogP contribution is 2.11. The maximum Gasteiger partial charge on any atom is 0.182 e. The van der Waals surface area contributed by atoms with Gasteiger partial charge in [0, 0.05) is 12.4 Å². The van der Waals surface area contributed by atoms with E-state index in [1.54, 1.807) is 12.4 Å². The highest BCUT2D eigenvalue weighted by Gasteiger charge is 2.21. The van der Waals surface area contributed by atoms with Gasteiger partial charge in [-0.2, -0.15) is 0 Å². The lowest BCUT2D eigenvalue weighted by Gasteiger charge is -2.21. The van der Waals surface area contributed by atoms with Gasteiger partial charge in [-0.15, -0.1) is 0 Å². The van der Waals surface area contributed by atoms with E-state index in [4.69, 9.17) is 0 Å². The van der Waals surface area contributed by atoms with E-state index in [0.717, 1.165) is 25.8 Å². The van der Waals surface area contributed by atoms with Crippen molar-refractivity contribution in [3.63, 3.8) is 0 Å². The molecule has 1 atom stereocenters. The molecular weight excluding hydrogens is 178 g/mol. The first-order valence-corrected chi connectivity index (χ1v) is 4.90. The van der Waals surface area contributed by atoms with Gasteiger partial charge in [-0.05, 0) is 19.4 Å². The molecule has 4 heteroatoms. The summed E-state index contributed by atoms with van der Waals surface area (Å²) in [6.07, 6.45) is 7.79. The van der Waals surface area contributed by atoms with E-state index in [0.29, 0.717) is 5.56 Å². The molecule has 0 bridgehead atoms. The molecule has 4 nitrogen and oxygen atoms in total. The second-order valence-corrected chi connectivity index (χ2v) is 3.49. The Bertz CT molecular complexity index is 306. The first kappa shape index (κ1) is 9.27. The zero-order valence-corrected chi connectivity index (χ0v) is 7.94. The maximum atomic E-state index is 11.9. The topological polar surface area (TPSA) is 54.9 Å². The summed E-state index contributed by atoms with van der Waals surface area (Å²) in [5, 5.41) is 3.21. The fourth-order valence-corrected chi connectivity index (χ4v) is 1.70. The number of carbonyl (C=O) groups is 1. The number of hydrogen-bond acceptors (Lipinski definition) is 4. The molecule has 1 aromatic heterocycles. The van der Waals surface area contributed by atoms with Crippen molar-refractivity contribution in [1.29, 1.82) is 0 Å². The third-order valence-electron chi connectivity index (χ3n) is 2.47. The quantitative estimate of drug-likeness (QED) is 0.702. The molecule has 0 radical (unpaired) electrons. The largest absolute Gasteiger partial charge is 0.307 e. The van der Waals surface area contributed by atoms with Gasteiger partial charge in [0.2, 0.25) is 0 Å². The molecule has 74 valence electrons. The van der Waals surface area contributed by atoms with Crippen LogP contribution in [0.1, 0.15) is 29.6 Å². The third-order valence-corrected chi connectivity index (χ3v) is 2.47. The lowest BCUT2D eigenvalue weighted by Crippen LogP contribution is -2.40. The number of Topliss-reactive ketones (excluding diaryl/α,β-unsaturated/α-hetero) is 1. The van der Waals surface area contributed by atoms with Gasteiger partial charge in [-0.1, -0.05) is 6.42 Å². The average molecular weight is 191 g/mol. The number of rotatable bonds is 2. The molecule has 1 saturated heterocycles. The summed E-state index contributed by atoms with van der Waals surface area (Å²) < 4.78 is 0. The van der Waals surface area contributed by atoms with Crippen molar-refractivity contribution in [1.82, 2.24) is 15.3 Å². The Hall–Kier alpha value is -1.29. The van der Waals surface area contributed by atoms with E-state index < -0.39 is 0 Å². The van der Waals surface area contributed by atoms with Gasteiger partial charge < -0.3 is 5.32 Å². The molecule has 0 aliphatic carbocycles. The van der Waals surface area contributed by atoms with Crippen molar-refractivity contribution in [3.8, 4) is 0 Å². The zero-order chi connectivity index (χ0) is 9.80. The summed E-state index contributed by atoms with van der Waals surface area (Å²) in [6, 6.07) is -0.0326. The number of carbonyl (C=O) groups excluding carboxylic acids is 1. The SMILES string of the molecule is O=C(c1cncnc1)C1CCCCN1. The molecule has 1 aliphatic heterocycles. The Balaban J connectivity index is 2.07. The smallest absolute Gasteiger partial charge is 0.182 e. The first-order valence-electron chi connectivity index (χ1n) is 4.90. The minimum Gasteiger partial charge on any atom is -0.307 e. The molecule has 1 aromatic rings. The van der Waals surface area contributed by atoms with E-state index >= 15 is 0 Å². The monoisotopic (exact) mass is 191 g/mol. The van der Waals surface area contributed by atoms with Gasteiger partial charge in [0.1, 0.15) is 6.33 Å². The number of ketones is 1. The van der Waals surface area contributed by atoms with Gasteiger partial charge in [0.25, 0.3) is 0 Å². The summed E-state index contributed by atoms with van der Waals surface area (Å²) in [7, 11) is 0. The van der Waals surface area contributed by atoms with E-state index in [1.165, 1.54) is 6.33 Å². The van der Waals surface area contributed by atoms with Crippen molar-refractivity contribution in [2.24, 2.45) is 0 Å². The fraction of sp³-hybridized carbons (Fsp3) is 0.500. The third kappa shape index (κ3) is 1.96. The number of aromatic nitrogens is 2. The Kier molecular flexibility index (Phi) is 2.84. The van der Waals surface area contributed by atoms with E-state index in [-0.39, 0.29) is 11.8 Å². The maximum absolute atomic E-state index is 11.9. The lowest BCUT2D eigenvalue weighted by atomic mass is 9.98. The molecule has 0 aromatic carbocycles. The van der Waals surface area contributed by atoms with Gasteiger partial charge >= 0.3 is 0 Å². The van der Waals surface area contributed by atoms with Crippen molar-refractivity contribution in [2.45, 2.75) is 25.3 Å². The van der Waals surface area contributed by atoms with Crippen LogP contribution in [0.3, 0.4) is 0 Å². The van der Waals surface area contributed by atoms with Crippen LogP contribution in [0.15, 0.2) is 18.7 Å². The molecule has 2 rings (SSSR count). The first-order chi connectivity index (χ1) is 6.88. The van der Waals surface area contributed by atoms with Crippen LogP contribution in [0, 0.1) is 0 Å². The number of nitrogens with one attached hydrogen (secondary N) is 1. The highest BCUT2D eigenvalue weighted by atomic mass is 16.1. The van der Waals surface area contributed by atoms with Crippen molar-refractivity contribution < 1.29 is 4.79 Å². The Morgan fingerprint density at radius 2 is 2.14 bits per heavy atom.